The lowest BCUT2D eigenvalue weighted by molar-refractivity contribution is 0.0945. The first-order chi connectivity index (χ1) is 14.1. The van der Waals surface area contributed by atoms with Crippen LogP contribution in [0.4, 0.5) is 0 Å². The maximum absolute atomic E-state index is 12.9. The zero-order valence-electron chi connectivity index (χ0n) is 16.1. The molecule has 0 bridgehead atoms. The number of rotatable bonds is 5. The second-order valence-electron chi connectivity index (χ2n) is 7.01. The van der Waals surface area contributed by atoms with Gasteiger partial charge in [-0.2, -0.15) is 5.10 Å². The average Bonchev–Trinajstić information content (AvgIpc) is 2.75. The molecule has 144 valence electrons. The quantitative estimate of drug-likeness (QED) is 0.572. The van der Waals surface area contributed by atoms with Crippen molar-refractivity contribution < 1.29 is 4.79 Å². The van der Waals surface area contributed by atoms with Gasteiger partial charge in [-0.05, 0) is 24.1 Å². The molecule has 0 saturated carbocycles. The van der Waals surface area contributed by atoms with Crippen LogP contribution >= 0.6 is 0 Å². The summed E-state index contributed by atoms with van der Waals surface area (Å²) in [5.74, 6) is -0.301. The largest absolute Gasteiger partial charge is 0.347 e. The number of carbonyl (C=O) groups excluding carboxylic acids is 1. The maximum Gasteiger partial charge on any atom is 0.274 e. The Kier molecular flexibility index (Phi) is 5.20. The summed E-state index contributed by atoms with van der Waals surface area (Å²) in [6, 6.07) is 24.7. The molecule has 0 aliphatic carbocycles. The van der Waals surface area contributed by atoms with Crippen LogP contribution in [0.3, 0.4) is 0 Å². The van der Waals surface area contributed by atoms with Gasteiger partial charge in [-0.3, -0.25) is 9.59 Å². The summed E-state index contributed by atoms with van der Waals surface area (Å²) in [4.78, 5) is 25.8. The summed E-state index contributed by atoms with van der Waals surface area (Å²) in [6.07, 6.45) is 0. The van der Waals surface area contributed by atoms with Crippen LogP contribution < -0.4 is 10.9 Å². The Morgan fingerprint density at radius 1 is 0.897 bits per heavy atom. The Bertz CT molecular complexity index is 1230. The molecule has 0 spiro atoms. The molecule has 29 heavy (non-hydrogen) atoms. The summed E-state index contributed by atoms with van der Waals surface area (Å²) in [5.41, 5.74) is 3.14. The van der Waals surface area contributed by atoms with Crippen molar-refractivity contribution in [1.82, 2.24) is 15.1 Å². The molecule has 1 N–H and O–H groups in total. The molecule has 1 aromatic heterocycles. The molecule has 1 amide bonds. The normalized spacial score (nSPS) is 10.8. The number of amides is 1. The van der Waals surface area contributed by atoms with Crippen molar-refractivity contribution in [3.63, 3.8) is 0 Å². The van der Waals surface area contributed by atoms with Crippen LogP contribution in [0.25, 0.3) is 10.8 Å². The predicted molar refractivity (Wildman–Crippen MR) is 114 cm³/mol. The molecule has 3 aromatic carbocycles. The van der Waals surface area contributed by atoms with Gasteiger partial charge in [0.15, 0.2) is 5.69 Å². The predicted octanol–water partition coefficient (Wildman–Crippen LogP) is 3.68. The van der Waals surface area contributed by atoms with Gasteiger partial charge < -0.3 is 5.32 Å². The fourth-order valence-electron chi connectivity index (χ4n) is 3.35. The zero-order chi connectivity index (χ0) is 20.2. The minimum absolute atomic E-state index is 0.209. The molecule has 0 aliphatic rings. The highest BCUT2D eigenvalue weighted by Crippen LogP contribution is 2.14. The van der Waals surface area contributed by atoms with Crippen LogP contribution in [0.2, 0.25) is 0 Å². The van der Waals surface area contributed by atoms with Crippen molar-refractivity contribution in [2.24, 2.45) is 0 Å². The van der Waals surface area contributed by atoms with Gasteiger partial charge in [-0.25, -0.2) is 4.68 Å². The van der Waals surface area contributed by atoms with E-state index in [1.165, 1.54) is 4.68 Å². The molecule has 0 fully saturated rings. The third-order valence-corrected chi connectivity index (χ3v) is 4.79. The van der Waals surface area contributed by atoms with Crippen LogP contribution in [0.1, 0.15) is 27.2 Å². The first-order valence-corrected chi connectivity index (χ1v) is 9.49. The minimum atomic E-state index is -0.301. The van der Waals surface area contributed by atoms with Crippen LogP contribution in [0.15, 0.2) is 83.7 Å². The van der Waals surface area contributed by atoms with E-state index in [2.05, 4.69) is 10.4 Å². The SMILES string of the molecule is Cc1cccc(CNC(=O)c2nn(Cc3ccccc3)c(=O)c3ccccc23)c1. The molecule has 1 heterocycles. The van der Waals surface area contributed by atoms with E-state index in [1.807, 2.05) is 67.6 Å². The number of nitrogens with zero attached hydrogens (tertiary/aromatic N) is 2. The van der Waals surface area contributed by atoms with Gasteiger partial charge in [0.05, 0.1) is 11.9 Å². The first kappa shape index (κ1) is 18.6. The fourth-order valence-corrected chi connectivity index (χ4v) is 3.35. The van der Waals surface area contributed by atoms with Crippen molar-refractivity contribution in [3.05, 3.63) is 112 Å². The zero-order valence-corrected chi connectivity index (χ0v) is 16.1. The minimum Gasteiger partial charge on any atom is -0.347 e. The second kappa shape index (κ2) is 8.10. The van der Waals surface area contributed by atoms with Gasteiger partial charge >= 0.3 is 0 Å². The van der Waals surface area contributed by atoms with Crippen molar-refractivity contribution in [2.45, 2.75) is 20.0 Å². The van der Waals surface area contributed by atoms with Crippen LogP contribution in [-0.4, -0.2) is 15.7 Å². The number of benzene rings is 3. The van der Waals surface area contributed by atoms with E-state index in [-0.39, 0.29) is 17.2 Å². The lowest BCUT2D eigenvalue weighted by Gasteiger charge is -2.12. The monoisotopic (exact) mass is 383 g/mol. The fraction of sp³-hybridized carbons (Fsp3) is 0.125. The molecule has 0 atom stereocenters. The van der Waals surface area contributed by atoms with Gasteiger partial charge in [0.2, 0.25) is 0 Å². The van der Waals surface area contributed by atoms with E-state index in [9.17, 15) is 9.59 Å². The van der Waals surface area contributed by atoms with E-state index in [1.54, 1.807) is 18.2 Å². The first-order valence-electron chi connectivity index (χ1n) is 9.49. The molecule has 5 heteroatoms. The van der Waals surface area contributed by atoms with Crippen molar-refractivity contribution in [2.75, 3.05) is 0 Å². The van der Waals surface area contributed by atoms with Crippen LogP contribution in [0, 0.1) is 6.92 Å². The molecule has 0 radical (unpaired) electrons. The molecule has 0 saturated heterocycles. The van der Waals surface area contributed by atoms with E-state index in [4.69, 9.17) is 0 Å². The lowest BCUT2D eigenvalue weighted by atomic mass is 10.1. The van der Waals surface area contributed by atoms with Crippen molar-refractivity contribution >= 4 is 16.7 Å². The number of aryl methyl sites for hydroxylation is 1. The molecular formula is C24H21N3O2. The maximum atomic E-state index is 12.9. The molecule has 4 rings (SSSR count). The van der Waals surface area contributed by atoms with Crippen LogP contribution in [-0.2, 0) is 13.1 Å². The summed E-state index contributed by atoms with van der Waals surface area (Å²) >= 11 is 0. The standard InChI is InChI=1S/C24H21N3O2/c1-17-8-7-11-19(14-17)15-25-23(28)22-20-12-5-6-13-21(20)24(29)27(26-22)16-18-9-3-2-4-10-18/h2-14H,15-16H2,1H3,(H,25,28). The van der Waals surface area contributed by atoms with Gasteiger partial charge in [0.25, 0.3) is 11.5 Å². The Morgan fingerprint density at radius 2 is 1.59 bits per heavy atom. The number of hydrogen-bond donors (Lipinski definition) is 1. The van der Waals surface area contributed by atoms with E-state index >= 15 is 0 Å². The van der Waals surface area contributed by atoms with Gasteiger partial charge in [0.1, 0.15) is 0 Å². The number of carbonyl (C=O) groups is 1. The Morgan fingerprint density at radius 3 is 2.34 bits per heavy atom. The van der Waals surface area contributed by atoms with Gasteiger partial charge in [-0.1, -0.05) is 78.4 Å². The highest BCUT2D eigenvalue weighted by molar-refractivity contribution is 6.04. The number of nitrogens with one attached hydrogen (secondary N) is 1. The number of aromatic nitrogens is 2. The topological polar surface area (TPSA) is 64.0 Å². The Balaban J connectivity index is 1.69. The Hall–Kier alpha value is -3.73. The third-order valence-electron chi connectivity index (χ3n) is 4.79. The number of hydrogen-bond acceptors (Lipinski definition) is 3. The average molecular weight is 383 g/mol. The highest BCUT2D eigenvalue weighted by Gasteiger charge is 2.16. The highest BCUT2D eigenvalue weighted by atomic mass is 16.2. The molecule has 5 nitrogen and oxygen atoms in total. The van der Waals surface area contributed by atoms with Crippen molar-refractivity contribution in [1.29, 1.82) is 0 Å². The lowest BCUT2D eigenvalue weighted by Crippen LogP contribution is -2.30. The molecule has 4 aromatic rings. The van der Waals surface area contributed by atoms with E-state index in [0.717, 1.165) is 16.7 Å². The number of fused-ring (bicyclic) bond motifs is 1. The second-order valence-corrected chi connectivity index (χ2v) is 7.01. The Labute approximate surface area is 168 Å². The van der Waals surface area contributed by atoms with Gasteiger partial charge in [-0.15, -0.1) is 0 Å². The van der Waals surface area contributed by atoms with Crippen molar-refractivity contribution in [3.8, 4) is 0 Å². The third kappa shape index (κ3) is 4.09. The summed E-state index contributed by atoms with van der Waals surface area (Å²) in [7, 11) is 0. The van der Waals surface area contributed by atoms with Gasteiger partial charge in [0, 0.05) is 11.9 Å². The molecule has 0 aliphatic heterocycles. The summed E-state index contributed by atoms with van der Waals surface area (Å²) in [6.45, 7) is 2.72. The van der Waals surface area contributed by atoms with E-state index in [0.29, 0.717) is 23.9 Å². The smallest absolute Gasteiger partial charge is 0.274 e. The summed E-state index contributed by atoms with van der Waals surface area (Å²) in [5, 5.41) is 8.39. The molecule has 0 unspecified atom stereocenters. The summed E-state index contributed by atoms with van der Waals surface area (Å²) < 4.78 is 1.36. The molecular weight excluding hydrogens is 362 g/mol. The van der Waals surface area contributed by atoms with E-state index < -0.39 is 0 Å². The van der Waals surface area contributed by atoms with Crippen LogP contribution in [0.5, 0.6) is 0 Å².